The lowest BCUT2D eigenvalue weighted by molar-refractivity contribution is -0.131. The number of hydrogen-bond acceptors (Lipinski definition) is 6. The van der Waals surface area contributed by atoms with Gasteiger partial charge in [0.25, 0.3) is 5.56 Å². The Kier molecular flexibility index (Phi) is 5.95. The monoisotopic (exact) mass is 448 g/mol. The van der Waals surface area contributed by atoms with Gasteiger partial charge in [-0.15, -0.1) is 0 Å². The molecule has 33 heavy (non-hydrogen) atoms. The number of H-pyrrole nitrogens is 1. The summed E-state index contributed by atoms with van der Waals surface area (Å²) in [7, 11) is 1.66. The van der Waals surface area contributed by atoms with Crippen LogP contribution in [0, 0.1) is 0 Å². The molecule has 2 aliphatic rings. The van der Waals surface area contributed by atoms with Crippen LogP contribution in [0.5, 0.6) is 5.75 Å². The number of aromatic nitrogens is 4. The molecule has 1 atom stereocenters. The molecule has 172 valence electrons. The molecule has 1 N–H and O–H groups in total. The van der Waals surface area contributed by atoms with E-state index in [1.165, 1.54) is 5.56 Å². The number of benzene rings is 1. The second-order valence-electron chi connectivity index (χ2n) is 8.71. The second kappa shape index (κ2) is 9.19. The fraction of sp³-hybridized carbons (Fsp3) is 0.417. The van der Waals surface area contributed by atoms with Gasteiger partial charge >= 0.3 is 0 Å². The molecule has 1 aromatic carbocycles. The van der Waals surface area contributed by atoms with Crippen LogP contribution >= 0.6 is 0 Å². The van der Waals surface area contributed by atoms with Gasteiger partial charge in [0.05, 0.1) is 12.8 Å². The maximum atomic E-state index is 12.8. The lowest BCUT2D eigenvalue weighted by Crippen LogP contribution is -2.36. The highest BCUT2D eigenvalue weighted by molar-refractivity contribution is 5.76. The Labute approximate surface area is 192 Å². The highest BCUT2D eigenvalue weighted by atomic mass is 16.5. The quantitative estimate of drug-likeness (QED) is 0.615. The molecular weight excluding hydrogens is 420 g/mol. The van der Waals surface area contributed by atoms with Crippen LogP contribution in [0.3, 0.4) is 0 Å². The van der Waals surface area contributed by atoms with E-state index in [1.807, 2.05) is 17.0 Å². The molecule has 9 nitrogen and oxygen atoms in total. The van der Waals surface area contributed by atoms with Gasteiger partial charge in [-0.05, 0) is 36.6 Å². The third-order valence-corrected chi connectivity index (χ3v) is 6.52. The molecule has 0 saturated carbocycles. The molecule has 4 heterocycles. The van der Waals surface area contributed by atoms with E-state index in [9.17, 15) is 9.59 Å². The summed E-state index contributed by atoms with van der Waals surface area (Å²) in [6.45, 7) is 3.72. The molecular formula is C24H28N6O3. The molecule has 5 rings (SSSR count). The van der Waals surface area contributed by atoms with Crippen LogP contribution in [-0.2, 0) is 30.8 Å². The number of carbonyl (C=O) groups excluding carboxylic acids is 1. The van der Waals surface area contributed by atoms with E-state index in [-0.39, 0.29) is 23.9 Å². The van der Waals surface area contributed by atoms with Crippen molar-refractivity contribution in [2.75, 3.05) is 26.7 Å². The summed E-state index contributed by atoms with van der Waals surface area (Å²) in [5, 5.41) is 4.11. The number of likely N-dealkylation sites (tertiary alicyclic amines) is 1. The molecule has 1 saturated heterocycles. The van der Waals surface area contributed by atoms with E-state index < -0.39 is 0 Å². The first-order valence-electron chi connectivity index (χ1n) is 11.3. The smallest absolute Gasteiger partial charge is 0.254 e. The highest BCUT2D eigenvalue weighted by Gasteiger charge is 2.30. The Balaban J connectivity index is 1.26. The minimum Gasteiger partial charge on any atom is -0.497 e. The van der Waals surface area contributed by atoms with Gasteiger partial charge in [-0.1, -0.05) is 12.1 Å². The Hall–Kier alpha value is -3.46. The number of nitrogens with zero attached hydrogens (tertiary/aromatic N) is 5. The third-order valence-electron chi connectivity index (χ3n) is 6.52. The van der Waals surface area contributed by atoms with Crippen LogP contribution in [0.25, 0.3) is 0 Å². The van der Waals surface area contributed by atoms with Crippen molar-refractivity contribution in [3.8, 4) is 5.75 Å². The largest absolute Gasteiger partial charge is 0.497 e. The number of rotatable bonds is 6. The zero-order valence-corrected chi connectivity index (χ0v) is 18.7. The van der Waals surface area contributed by atoms with Crippen LogP contribution in [0.1, 0.15) is 35.0 Å². The van der Waals surface area contributed by atoms with E-state index in [0.717, 1.165) is 36.5 Å². The van der Waals surface area contributed by atoms with Crippen molar-refractivity contribution in [1.82, 2.24) is 29.5 Å². The molecule has 3 aromatic rings. The second-order valence-corrected chi connectivity index (χ2v) is 8.71. The third kappa shape index (κ3) is 4.68. The fourth-order valence-electron chi connectivity index (χ4n) is 4.67. The molecule has 2 aromatic heterocycles. The van der Waals surface area contributed by atoms with E-state index >= 15 is 0 Å². The Morgan fingerprint density at radius 3 is 2.85 bits per heavy atom. The number of nitrogens with one attached hydrogen (secondary N) is 1. The van der Waals surface area contributed by atoms with Crippen LogP contribution < -0.4 is 10.3 Å². The average Bonchev–Trinajstić information content (AvgIpc) is 3.52. The summed E-state index contributed by atoms with van der Waals surface area (Å²) in [6.07, 6.45) is 4.93. The predicted molar refractivity (Wildman–Crippen MR) is 122 cm³/mol. The van der Waals surface area contributed by atoms with E-state index in [2.05, 4.69) is 27.1 Å². The van der Waals surface area contributed by atoms with Crippen LogP contribution in [0.4, 0.5) is 0 Å². The van der Waals surface area contributed by atoms with Crippen molar-refractivity contribution in [2.45, 2.75) is 38.4 Å². The zero-order valence-electron chi connectivity index (χ0n) is 18.7. The van der Waals surface area contributed by atoms with Crippen LogP contribution in [0.2, 0.25) is 0 Å². The zero-order chi connectivity index (χ0) is 22.8. The van der Waals surface area contributed by atoms with Gasteiger partial charge in [0.2, 0.25) is 5.91 Å². The average molecular weight is 449 g/mol. The number of methoxy groups -OCH3 is 1. The van der Waals surface area contributed by atoms with E-state index in [1.54, 1.807) is 30.3 Å². The maximum Gasteiger partial charge on any atom is 0.254 e. The first-order valence-corrected chi connectivity index (χ1v) is 11.3. The summed E-state index contributed by atoms with van der Waals surface area (Å²) < 4.78 is 6.87. The number of fused-ring (bicyclic) bond motifs is 1. The lowest BCUT2D eigenvalue weighted by Gasteiger charge is -2.28. The molecule has 0 spiro atoms. The number of amides is 1. The molecule has 1 fully saturated rings. The van der Waals surface area contributed by atoms with Gasteiger partial charge in [0.15, 0.2) is 0 Å². The van der Waals surface area contributed by atoms with Gasteiger partial charge in [-0.2, -0.15) is 5.10 Å². The Morgan fingerprint density at radius 2 is 2.09 bits per heavy atom. The molecule has 1 amide bonds. The lowest BCUT2D eigenvalue weighted by atomic mass is 10.0. The number of ether oxygens (including phenoxy) is 1. The summed E-state index contributed by atoms with van der Waals surface area (Å²) in [6, 6.07) is 9.87. The molecule has 0 aliphatic carbocycles. The SMILES string of the molecule is COc1ccc(CN2CCc3c(nc([C@H]4CCN(C(=O)Cn5cccn5)C4)[nH]c3=O)C2)cc1. The van der Waals surface area contributed by atoms with Crippen molar-refractivity contribution in [2.24, 2.45) is 0 Å². The van der Waals surface area contributed by atoms with Crippen LogP contribution in [0.15, 0.2) is 47.5 Å². The fourth-order valence-corrected chi connectivity index (χ4v) is 4.67. The summed E-state index contributed by atoms with van der Waals surface area (Å²) in [5.41, 5.74) is 2.80. The molecule has 0 radical (unpaired) electrons. The van der Waals surface area contributed by atoms with Gasteiger partial charge in [-0.25, -0.2) is 4.98 Å². The molecule has 0 unspecified atom stereocenters. The van der Waals surface area contributed by atoms with Crippen molar-refractivity contribution >= 4 is 5.91 Å². The molecule has 0 bridgehead atoms. The van der Waals surface area contributed by atoms with E-state index in [0.29, 0.717) is 31.9 Å². The molecule has 9 heteroatoms. The predicted octanol–water partition coefficient (Wildman–Crippen LogP) is 1.55. The summed E-state index contributed by atoms with van der Waals surface area (Å²) in [4.78, 5) is 37.4. The standard InChI is InChI=1S/C24H28N6O3/c1-33-19-5-3-17(4-6-19)13-28-11-8-20-21(15-28)26-23(27-24(20)32)18-7-12-29(14-18)22(31)16-30-10-2-9-25-30/h2-6,9-10,18H,7-8,11-16H2,1H3,(H,26,27,32)/t18-/m0/s1. The first kappa shape index (κ1) is 21.4. The van der Waals surface area contributed by atoms with Gasteiger partial charge < -0.3 is 14.6 Å². The van der Waals surface area contributed by atoms with E-state index in [4.69, 9.17) is 9.72 Å². The maximum absolute atomic E-state index is 12.8. The summed E-state index contributed by atoms with van der Waals surface area (Å²) >= 11 is 0. The van der Waals surface area contributed by atoms with Crippen molar-refractivity contribution in [1.29, 1.82) is 0 Å². The summed E-state index contributed by atoms with van der Waals surface area (Å²) in [5.74, 6) is 1.61. The van der Waals surface area contributed by atoms with Crippen molar-refractivity contribution in [3.63, 3.8) is 0 Å². The minimum atomic E-state index is -0.0413. The van der Waals surface area contributed by atoms with Gasteiger partial charge in [-0.3, -0.25) is 19.2 Å². The first-order chi connectivity index (χ1) is 16.1. The number of carbonyl (C=O) groups is 1. The number of aromatic amines is 1. The molecule has 2 aliphatic heterocycles. The van der Waals surface area contributed by atoms with Crippen LogP contribution in [-0.4, -0.2) is 62.2 Å². The highest BCUT2D eigenvalue weighted by Crippen LogP contribution is 2.26. The minimum absolute atomic E-state index is 0.0344. The van der Waals surface area contributed by atoms with Crippen molar-refractivity contribution < 1.29 is 9.53 Å². The van der Waals surface area contributed by atoms with Gasteiger partial charge in [0.1, 0.15) is 18.1 Å². The topological polar surface area (TPSA) is 96.3 Å². The number of hydrogen-bond donors (Lipinski definition) is 1. The Morgan fingerprint density at radius 1 is 1.24 bits per heavy atom. The van der Waals surface area contributed by atoms with Crippen molar-refractivity contribution in [3.05, 3.63) is 75.7 Å². The Bertz CT molecular complexity index is 1170. The van der Waals surface area contributed by atoms with Gasteiger partial charge in [0, 0.05) is 56.6 Å². The normalized spacial score (nSPS) is 18.3.